The van der Waals surface area contributed by atoms with Gasteiger partial charge in [0.1, 0.15) is 15.2 Å². The fourth-order valence-electron chi connectivity index (χ4n) is 1.83. The van der Waals surface area contributed by atoms with Gasteiger partial charge in [0.25, 0.3) is 0 Å². The highest BCUT2D eigenvalue weighted by Crippen LogP contribution is 2.31. The number of rotatable bonds is 5. The van der Waals surface area contributed by atoms with Crippen LogP contribution >= 0.6 is 11.3 Å². The Morgan fingerprint density at radius 3 is 2.42 bits per heavy atom. The molecule has 2 N–H and O–H groups in total. The van der Waals surface area contributed by atoms with E-state index in [9.17, 15) is 8.42 Å². The summed E-state index contributed by atoms with van der Waals surface area (Å²) >= 11 is 1.21. The van der Waals surface area contributed by atoms with Crippen LogP contribution in [0.25, 0.3) is 0 Å². The van der Waals surface area contributed by atoms with Crippen molar-refractivity contribution in [3.05, 3.63) is 47.3 Å². The van der Waals surface area contributed by atoms with E-state index < -0.39 is 15.1 Å². The Labute approximate surface area is 116 Å². The number of ether oxygens (including phenoxy) is 1. The molecule has 0 bridgehead atoms. The SMILES string of the molecule is COc1ccc([C@@H](CN)S(=O)(=O)c2cccs2)cc1. The molecule has 0 aliphatic heterocycles. The number of nitrogens with two attached hydrogens (primary N) is 1. The number of benzene rings is 1. The first-order valence-electron chi connectivity index (χ1n) is 5.71. The van der Waals surface area contributed by atoms with Crippen LogP contribution in [0.2, 0.25) is 0 Å². The quantitative estimate of drug-likeness (QED) is 0.919. The second kappa shape index (κ2) is 5.73. The first-order valence-corrected chi connectivity index (χ1v) is 8.13. The number of methoxy groups -OCH3 is 1. The molecule has 6 heteroatoms. The van der Waals surface area contributed by atoms with Crippen molar-refractivity contribution in [3.63, 3.8) is 0 Å². The molecule has 0 aliphatic carbocycles. The van der Waals surface area contributed by atoms with Crippen LogP contribution in [0, 0.1) is 0 Å². The van der Waals surface area contributed by atoms with Gasteiger partial charge in [-0.2, -0.15) is 0 Å². The van der Waals surface area contributed by atoms with Gasteiger partial charge in [0.05, 0.1) is 7.11 Å². The minimum absolute atomic E-state index is 0.0482. The zero-order valence-electron chi connectivity index (χ0n) is 10.4. The third kappa shape index (κ3) is 2.80. The summed E-state index contributed by atoms with van der Waals surface area (Å²) in [6.45, 7) is 0.0482. The van der Waals surface area contributed by atoms with Crippen LogP contribution in [0.5, 0.6) is 5.75 Å². The summed E-state index contributed by atoms with van der Waals surface area (Å²) in [6.07, 6.45) is 0. The first-order chi connectivity index (χ1) is 9.09. The van der Waals surface area contributed by atoms with E-state index in [1.54, 1.807) is 48.9 Å². The second-order valence-electron chi connectivity index (χ2n) is 3.97. The summed E-state index contributed by atoms with van der Waals surface area (Å²) < 4.78 is 30.4. The molecule has 1 atom stereocenters. The lowest BCUT2D eigenvalue weighted by Gasteiger charge is -2.15. The molecule has 2 rings (SSSR count). The normalized spacial score (nSPS) is 13.2. The Morgan fingerprint density at radius 2 is 1.95 bits per heavy atom. The third-order valence-corrected chi connectivity index (χ3v) is 6.41. The van der Waals surface area contributed by atoms with Crippen molar-refractivity contribution in [3.8, 4) is 5.75 Å². The topological polar surface area (TPSA) is 69.4 Å². The molecule has 1 heterocycles. The molecule has 0 aliphatic rings. The molecule has 102 valence electrons. The predicted molar refractivity (Wildman–Crippen MR) is 76.3 cm³/mol. The highest BCUT2D eigenvalue weighted by Gasteiger charge is 2.28. The van der Waals surface area contributed by atoms with E-state index in [2.05, 4.69) is 0 Å². The lowest BCUT2D eigenvalue weighted by molar-refractivity contribution is 0.414. The Balaban J connectivity index is 2.39. The Hall–Kier alpha value is -1.37. The van der Waals surface area contributed by atoms with Gasteiger partial charge in [-0.25, -0.2) is 8.42 Å². The van der Waals surface area contributed by atoms with Crippen molar-refractivity contribution >= 4 is 21.2 Å². The maximum absolute atomic E-state index is 12.5. The molecule has 0 saturated heterocycles. The molecule has 2 aromatic rings. The summed E-state index contributed by atoms with van der Waals surface area (Å²) in [5.74, 6) is 0.688. The molecule has 4 nitrogen and oxygen atoms in total. The minimum atomic E-state index is -3.43. The Bertz CT molecular complexity index is 618. The van der Waals surface area contributed by atoms with Crippen molar-refractivity contribution in [1.29, 1.82) is 0 Å². The standard InChI is InChI=1S/C13H15NO3S2/c1-17-11-6-4-10(5-7-11)12(9-14)19(15,16)13-3-2-8-18-13/h2-8,12H,9,14H2,1H3/t12-/m1/s1. The van der Waals surface area contributed by atoms with Crippen LogP contribution in [0.3, 0.4) is 0 Å². The summed E-state index contributed by atoms with van der Waals surface area (Å²) in [4.78, 5) is 0. The van der Waals surface area contributed by atoms with Crippen LogP contribution in [0.15, 0.2) is 46.0 Å². The van der Waals surface area contributed by atoms with Gasteiger partial charge in [-0.3, -0.25) is 0 Å². The van der Waals surface area contributed by atoms with Crippen molar-refractivity contribution < 1.29 is 13.2 Å². The number of sulfone groups is 1. The van der Waals surface area contributed by atoms with E-state index in [0.717, 1.165) is 0 Å². The Morgan fingerprint density at radius 1 is 1.26 bits per heavy atom. The monoisotopic (exact) mass is 297 g/mol. The van der Waals surface area contributed by atoms with Crippen molar-refractivity contribution in [2.24, 2.45) is 5.73 Å². The summed E-state index contributed by atoms with van der Waals surface area (Å²) in [5, 5.41) is 1.02. The molecule has 0 saturated carbocycles. The maximum atomic E-state index is 12.5. The molecular formula is C13H15NO3S2. The number of thiophene rings is 1. The van der Waals surface area contributed by atoms with Gasteiger partial charge in [0, 0.05) is 6.54 Å². The number of hydrogen-bond acceptors (Lipinski definition) is 5. The zero-order valence-corrected chi connectivity index (χ0v) is 12.1. The van der Waals surface area contributed by atoms with Crippen LogP contribution in [0.4, 0.5) is 0 Å². The second-order valence-corrected chi connectivity index (χ2v) is 7.28. The van der Waals surface area contributed by atoms with E-state index in [0.29, 0.717) is 15.5 Å². The molecular weight excluding hydrogens is 282 g/mol. The molecule has 0 fully saturated rings. The van der Waals surface area contributed by atoms with Crippen molar-refractivity contribution in [2.75, 3.05) is 13.7 Å². The Kier molecular flexibility index (Phi) is 4.24. The van der Waals surface area contributed by atoms with Crippen LogP contribution in [-0.4, -0.2) is 22.1 Å². The van der Waals surface area contributed by atoms with Crippen molar-refractivity contribution in [1.82, 2.24) is 0 Å². The highest BCUT2D eigenvalue weighted by atomic mass is 32.2. The molecule has 0 radical (unpaired) electrons. The van der Waals surface area contributed by atoms with Gasteiger partial charge in [0.15, 0.2) is 9.84 Å². The summed E-state index contributed by atoms with van der Waals surface area (Å²) in [7, 11) is -1.86. The fourth-order valence-corrected chi connectivity index (χ4v) is 4.64. The molecule has 1 aromatic carbocycles. The largest absolute Gasteiger partial charge is 0.497 e. The minimum Gasteiger partial charge on any atom is -0.497 e. The van der Waals surface area contributed by atoms with Gasteiger partial charge >= 0.3 is 0 Å². The average molecular weight is 297 g/mol. The molecule has 1 aromatic heterocycles. The third-order valence-electron chi connectivity index (χ3n) is 2.85. The lowest BCUT2D eigenvalue weighted by atomic mass is 10.1. The summed E-state index contributed by atoms with van der Waals surface area (Å²) in [6, 6.07) is 10.3. The summed E-state index contributed by atoms with van der Waals surface area (Å²) in [5.41, 5.74) is 6.34. The smallest absolute Gasteiger partial charge is 0.195 e. The average Bonchev–Trinajstić information content (AvgIpc) is 2.95. The number of hydrogen-bond donors (Lipinski definition) is 1. The van der Waals surface area contributed by atoms with Crippen LogP contribution < -0.4 is 10.5 Å². The van der Waals surface area contributed by atoms with E-state index in [-0.39, 0.29) is 6.54 Å². The van der Waals surface area contributed by atoms with Gasteiger partial charge in [0.2, 0.25) is 0 Å². The molecule has 19 heavy (non-hydrogen) atoms. The molecule has 0 unspecified atom stereocenters. The van der Waals surface area contributed by atoms with E-state index in [1.807, 2.05) is 0 Å². The zero-order chi connectivity index (χ0) is 13.9. The fraction of sp³-hybridized carbons (Fsp3) is 0.231. The van der Waals surface area contributed by atoms with Crippen molar-refractivity contribution in [2.45, 2.75) is 9.46 Å². The predicted octanol–water partition coefficient (Wildman–Crippen LogP) is 2.23. The first kappa shape index (κ1) is 14.0. The highest BCUT2D eigenvalue weighted by molar-refractivity contribution is 7.93. The van der Waals surface area contributed by atoms with Gasteiger partial charge < -0.3 is 10.5 Å². The van der Waals surface area contributed by atoms with Gasteiger partial charge in [-0.15, -0.1) is 11.3 Å². The maximum Gasteiger partial charge on any atom is 0.195 e. The van der Waals surface area contributed by atoms with E-state index in [1.165, 1.54) is 11.3 Å². The molecule has 0 spiro atoms. The van der Waals surface area contributed by atoms with E-state index in [4.69, 9.17) is 10.5 Å². The van der Waals surface area contributed by atoms with Crippen LogP contribution in [0.1, 0.15) is 10.8 Å². The van der Waals surface area contributed by atoms with Crippen LogP contribution in [-0.2, 0) is 9.84 Å². The molecule has 0 amide bonds. The van der Waals surface area contributed by atoms with E-state index >= 15 is 0 Å². The lowest BCUT2D eigenvalue weighted by Crippen LogP contribution is -2.21. The van der Waals surface area contributed by atoms with Gasteiger partial charge in [-0.05, 0) is 29.1 Å². The van der Waals surface area contributed by atoms with Gasteiger partial charge in [-0.1, -0.05) is 18.2 Å².